The Morgan fingerprint density at radius 1 is 1.14 bits per heavy atom. The number of thiocyanates is 1. The second-order valence-corrected chi connectivity index (χ2v) is 0.300. The number of hydrogen-bond acceptors (Lipinski definition) is 2. The molecular weight excluding hydrogens is 146 g/mol. The van der Waals surface area contributed by atoms with Crippen molar-refractivity contribution in [1.82, 2.24) is 0 Å². The number of nitrogens with zero attached hydrogens (tertiary/aromatic N) is 1. The first-order chi connectivity index (χ1) is 1.41. The SMILES string of the molecule is N#CS.O.O.O.[CaH2]. The van der Waals surface area contributed by atoms with Gasteiger partial charge in [-0.25, -0.2) is 0 Å². The molecule has 6 N–H and O–H groups in total. The second-order valence-electron chi connectivity index (χ2n) is 0.100. The van der Waals surface area contributed by atoms with Crippen molar-refractivity contribution in [3.63, 3.8) is 0 Å². The average Bonchev–Trinajstić information content (AvgIpc) is 0.918. The summed E-state index contributed by atoms with van der Waals surface area (Å²) < 4.78 is 0. The van der Waals surface area contributed by atoms with Crippen molar-refractivity contribution >= 4 is 50.4 Å². The van der Waals surface area contributed by atoms with Crippen LogP contribution in [0.4, 0.5) is 0 Å². The van der Waals surface area contributed by atoms with E-state index in [0.717, 1.165) is 0 Å². The van der Waals surface area contributed by atoms with Gasteiger partial charge >= 0.3 is 37.7 Å². The van der Waals surface area contributed by atoms with Crippen LogP contribution in [0.5, 0.6) is 0 Å². The number of thiol groups is 1. The molecule has 0 aliphatic carbocycles. The second kappa shape index (κ2) is 63.7. The first kappa shape index (κ1) is 43.8. The molecule has 0 aromatic heterocycles. The molecule has 0 fully saturated rings. The maximum absolute atomic E-state index is 7.18. The van der Waals surface area contributed by atoms with Crippen molar-refractivity contribution in [3.8, 4) is 5.40 Å². The summed E-state index contributed by atoms with van der Waals surface area (Å²) in [5.41, 5.74) is 0. The molecule has 7 heavy (non-hydrogen) atoms. The topological polar surface area (TPSA) is 118 Å². The molecule has 0 amide bonds. The van der Waals surface area contributed by atoms with Gasteiger partial charge in [0.15, 0.2) is 0 Å². The Morgan fingerprint density at radius 2 is 1.14 bits per heavy atom. The van der Waals surface area contributed by atoms with Gasteiger partial charge < -0.3 is 16.4 Å². The molecule has 0 aliphatic heterocycles. The average molecular weight is 155 g/mol. The molecule has 0 saturated heterocycles. The molecule has 0 bridgehead atoms. The molecule has 0 radical (unpaired) electrons. The van der Waals surface area contributed by atoms with Crippen molar-refractivity contribution in [2.75, 3.05) is 0 Å². The molecule has 0 aromatic rings. The van der Waals surface area contributed by atoms with Crippen LogP contribution < -0.4 is 0 Å². The van der Waals surface area contributed by atoms with Gasteiger partial charge in [-0.05, 0) is 0 Å². The minimum atomic E-state index is 0. The quantitative estimate of drug-likeness (QED) is 0.224. The van der Waals surface area contributed by atoms with Crippen LogP contribution in [0.15, 0.2) is 0 Å². The third-order valence-corrected chi connectivity index (χ3v) is 0. The molecule has 0 heterocycles. The van der Waals surface area contributed by atoms with Crippen molar-refractivity contribution < 1.29 is 16.4 Å². The van der Waals surface area contributed by atoms with Crippen LogP contribution in [-0.4, -0.2) is 54.2 Å². The summed E-state index contributed by atoms with van der Waals surface area (Å²) in [6.45, 7) is 0. The van der Waals surface area contributed by atoms with E-state index in [0.29, 0.717) is 0 Å². The van der Waals surface area contributed by atoms with Crippen LogP contribution in [-0.2, 0) is 0 Å². The van der Waals surface area contributed by atoms with Gasteiger partial charge in [-0.3, -0.25) is 0 Å². The maximum atomic E-state index is 7.18. The third kappa shape index (κ3) is 180. The van der Waals surface area contributed by atoms with Crippen molar-refractivity contribution in [1.29, 1.82) is 5.26 Å². The first-order valence-electron chi connectivity index (χ1n) is 0.447. The molecule has 0 saturated carbocycles. The van der Waals surface area contributed by atoms with Crippen LogP contribution in [0.3, 0.4) is 0 Å². The minimum absolute atomic E-state index is 0. The molecule has 44 valence electrons. The summed E-state index contributed by atoms with van der Waals surface area (Å²) in [7, 11) is 0. The Morgan fingerprint density at radius 3 is 1.14 bits per heavy atom. The van der Waals surface area contributed by atoms with Gasteiger partial charge in [0.05, 0.1) is 0 Å². The standard InChI is InChI=1S/CHNS.Ca.3H2O.2H/c2-1-3;;;;;;/h3H;;3*1H2;;. The van der Waals surface area contributed by atoms with Crippen molar-refractivity contribution in [3.05, 3.63) is 0 Å². The molecule has 6 heteroatoms. The fourth-order valence-corrected chi connectivity index (χ4v) is 0. The normalized spacial score (nSPS) is 1.14. The number of rotatable bonds is 0. The van der Waals surface area contributed by atoms with Gasteiger partial charge in [-0.2, -0.15) is 5.26 Å². The fraction of sp³-hybridized carbons (Fsp3) is 0. The van der Waals surface area contributed by atoms with Gasteiger partial charge in [0.2, 0.25) is 0 Å². The van der Waals surface area contributed by atoms with Crippen LogP contribution >= 0.6 is 12.6 Å². The van der Waals surface area contributed by atoms with Gasteiger partial charge in [0, 0.05) is 0 Å². The van der Waals surface area contributed by atoms with Crippen molar-refractivity contribution in [2.24, 2.45) is 0 Å². The zero-order chi connectivity index (χ0) is 2.71. The summed E-state index contributed by atoms with van der Waals surface area (Å²) in [6, 6.07) is 0. The zero-order valence-electron chi connectivity index (χ0n) is 2.89. The Kier molecular flexibility index (Phi) is 398. The van der Waals surface area contributed by atoms with E-state index in [1.165, 1.54) is 5.40 Å². The molecule has 0 unspecified atom stereocenters. The molecule has 0 spiro atoms. The molecule has 0 aromatic carbocycles. The van der Waals surface area contributed by atoms with E-state index in [9.17, 15) is 0 Å². The van der Waals surface area contributed by atoms with Gasteiger partial charge in [-0.15, -0.1) is 0 Å². The van der Waals surface area contributed by atoms with E-state index in [2.05, 4.69) is 12.6 Å². The number of hydrogen-bond donors (Lipinski definition) is 1. The Balaban J connectivity index is -0.00000000333. The van der Waals surface area contributed by atoms with Crippen LogP contribution in [0.2, 0.25) is 0 Å². The molecule has 4 nitrogen and oxygen atoms in total. The van der Waals surface area contributed by atoms with E-state index >= 15 is 0 Å². The molecule has 0 aliphatic rings. The molecule has 0 rings (SSSR count). The predicted molar refractivity (Wildman–Crippen MR) is 34.0 cm³/mol. The zero-order valence-corrected chi connectivity index (χ0v) is 3.79. The van der Waals surface area contributed by atoms with Crippen LogP contribution in [0, 0.1) is 10.7 Å². The molecular formula is CH9CaNO3S. The van der Waals surface area contributed by atoms with E-state index in [-0.39, 0.29) is 54.2 Å². The summed E-state index contributed by atoms with van der Waals surface area (Å²) in [5.74, 6) is 0. The Bertz CT molecular complexity index is 36.4. The summed E-state index contributed by atoms with van der Waals surface area (Å²) in [6.07, 6.45) is 0. The van der Waals surface area contributed by atoms with Gasteiger partial charge in [0.25, 0.3) is 0 Å². The van der Waals surface area contributed by atoms with Gasteiger partial charge in [0.1, 0.15) is 5.40 Å². The van der Waals surface area contributed by atoms with Crippen LogP contribution in [0.25, 0.3) is 0 Å². The Hall–Kier alpha value is 0.980. The molecule has 0 atom stereocenters. The summed E-state index contributed by atoms with van der Waals surface area (Å²) in [4.78, 5) is 0. The van der Waals surface area contributed by atoms with Crippen molar-refractivity contribution in [2.45, 2.75) is 0 Å². The third-order valence-electron chi connectivity index (χ3n) is 0. The Labute approximate surface area is 76.8 Å². The van der Waals surface area contributed by atoms with Gasteiger partial charge in [-0.1, -0.05) is 12.6 Å². The fourth-order valence-electron chi connectivity index (χ4n) is 0. The van der Waals surface area contributed by atoms with Crippen LogP contribution in [0.1, 0.15) is 0 Å². The van der Waals surface area contributed by atoms with E-state index in [4.69, 9.17) is 5.26 Å². The van der Waals surface area contributed by atoms with E-state index in [1.807, 2.05) is 0 Å². The summed E-state index contributed by atoms with van der Waals surface area (Å²) >= 11 is 3.09. The first-order valence-corrected chi connectivity index (χ1v) is 0.894. The van der Waals surface area contributed by atoms with E-state index < -0.39 is 0 Å². The predicted octanol–water partition coefficient (Wildman–Crippen LogP) is -2.99. The number of nitriles is 1. The summed E-state index contributed by atoms with van der Waals surface area (Å²) in [5, 5.41) is 8.63. The monoisotopic (exact) mass is 155 g/mol. The van der Waals surface area contributed by atoms with E-state index in [1.54, 1.807) is 0 Å².